The Morgan fingerprint density at radius 1 is 1.27 bits per heavy atom. The van der Waals surface area contributed by atoms with Crippen LogP contribution in [0.3, 0.4) is 0 Å². The van der Waals surface area contributed by atoms with Crippen LogP contribution in [-0.4, -0.2) is 16.6 Å². The molecule has 1 aromatic heterocycles. The summed E-state index contributed by atoms with van der Waals surface area (Å²) < 4.78 is 0. The standard InChI is InChI=1S/C12H15N3/c13-11-3-1-2-6-12(11,14)9-10-4-7-15-8-5-10/h1-8,11H,9,13-14H2. The number of nitrogens with zero attached hydrogens (tertiary/aromatic N) is 1. The van der Waals surface area contributed by atoms with Crippen molar-refractivity contribution in [1.29, 1.82) is 0 Å². The maximum absolute atomic E-state index is 6.25. The molecule has 1 aliphatic carbocycles. The Morgan fingerprint density at radius 2 is 2.00 bits per heavy atom. The average Bonchev–Trinajstić information content (AvgIpc) is 2.24. The molecule has 1 heterocycles. The summed E-state index contributed by atoms with van der Waals surface area (Å²) in [4.78, 5) is 3.98. The zero-order valence-corrected chi connectivity index (χ0v) is 8.51. The van der Waals surface area contributed by atoms with Crippen LogP contribution >= 0.6 is 0 Å². The minimum atomic E-state index is -0.476. The molecule has 0 amide bonds. The van der Waals surface area contributed by atoms with Gasteiger partial charge >= 0.3 is 0 Å². The summed E-state index contributed by atoms with van der Waals surface area (Å²) >= 11 is 0. The number of allylic oxidation sites excluding steroid dienone is 2. The van der Waals surface area contributed by atoms with Crippen molar-refractivity contribution in [3.05, 3.63) is 54.4 Å². The monoisotopic (exact) mass is 201 g/mol. The Bertz CT molecular complexity index is 383. The van der Waals surface area contributed by atoms with Gasteiger partial charge in [0, 0.05) is 18.4 Å². The normalized spacial score (nSPS) is 29.3. The summed E-state index contributed by atoms with van der Waals surface area (Å²) in [5.41, 5.74) is 12.9. The average molecular weight is 201 g/mol. The van der Waals surface area contributed by atoms with Crippen LogP contribution in [0.15, 0.2) is 48.8 Å². The van der Waals surface area contributed by atoms with Crippen LogP contribution in [0.1, 0.15) is 5.56 Å². The van der Waals surface area contributed by atoms with Gasteiger partial charge in [-0.1, -0.05) is 24.3 Å². The molecular formula is C12H15N3. The first kappa shape index (κ1) is 10.1. The van der Waals surface area contributed by atoms with Gasteiger partial charge in [0.25, 0.3) is 0 Å². The van der Waals surface area contributed by atoms with Gasteiger partial charge < -0.3 is 11.5 Å². The van der Waals surface area contributed by atoms with Crippen molar-refractivity contribution in [3.8, 4) is 0 Å². The van der Waals surface area contributed by atoms with Crippen LogP contribution in [0.5, 0.6) is 0 Å². The van der Waals surface area contributed by atoms with E-state index < -0.39 is 5.54 Å². The molecule has 2 unspecified atom stereocenters. The zero-order chi connectivity index (χ0) is 10.7. The van der Waals surface area contributed by atoms with Crippen LogP contribution in [0.4, 0.5) is 0 Å². The minimum absolute atomic E-state index is 0.129. The molecule has 1 aliphatic rings. The summed E-state index contributed by atoms with van der Waals surface area (Å²) in [6.45, 7) is 0. The second kappa shape index (κ2) is 3.96. The van der Waals surface area contributed by atoms with Gasteiger partial charge in [0.15, 0.2) is 0 Å². The fourth-order valence-corrected chi connectivity index (χ4v) is 1.74. The quantitative estimate of drug-likeness (QED) is 0.743. The molecule has 3 nitrogen and oxygen atoms in total. The van der Waals surface area contributed by atoms with Gasteiger partial charge in [-0.05, 0) is 24.1 Å². The predicted molar refractivity (Wildman–Crippen MR) is 61.1 cm³/mol. The summed E-state index contributed by atoms with van der Waals surface area (Å²) in [7, 11) is 0. The maximum Gasteiger partial charge on any atom is 0.0573 e. The molecule has 0 radical (unpaired) electrons. The molecule has 4 N–H and O–H groups in total. The van der Waals surface area contributed by atoms with Crippen LogP contribution in [0, 0.1) is 0 Å². The Balaban J connectivity index is 2.18. The second-order valence-corrected chi connectivity index (χ2v) is 3.91. The fourth-order valence-electron chi connectivity index (χ4n) is 1.74. The Hall–Kier alpha value is -1.45. The van der Waals surface area contributed by atoms with Crippen molar-refractivity contribution in [2.45, 2.75) is 18.0 Å². The third-order valence-corrected chi connectivity index (χ3v) is 2.72. The van der Waals surface area contributed by atoms with Gasteiger partial charge in [-0.3, -0.25) is 4.98 Å². The lowest BCUT2D eigenvalue weighted by Crippen LogP contribution is -2.55. The van der Waals surface area contributed by atoms with E-state index in [2.05, 4.69) is 4.98 Å². The third-order valence-electron chi connectivity index (χ3n) is 2.72. The van der Waals surface area contributed by atoms with E-state index in [-0.39, 0.29) is 6.04 Å². The zero-order valence-electron chi connectivity index (χ0n) is 8.51. The first-order valence-electron chi connectivity index (χ1n) is 5.00. The smallest absolute Gasteiger partial charge is 0.0573 e. The highest BCUT2D eigenvalue weighted by Crippen LogP contribution is 2.19. The molecule has 1 aromatic rings. The van der Waals surface area contributed by atoms with Gasteiger partial charge in [0.05, 0.1) is 5.54 Å². The molecule has 0 aromatic carbocycles. The Labute approximate surface area is 89.5 Å². The van der Waals surface area contributed by atoms with E-state index in [4.69, 9.17) is 11.5 Å². The van der Waals surface area contributed by atoms with Crippen molar-refractivity contribution in [3.63, 3.8) is 0 Å². The maximum atomic E-state index is 6.25. The molecule has 0 aliphatic heterocycles. The largest absolute Gasteiger partial charge is 0.323 e. The molecule has 0 spiro atoms. The van der Waals surface area contributed by atoms with Crippen LogP contribution < -0.4 is 11.5 Å². The molecule has 0 saturated heterocycles. The van der Waals surface area contributed by atoms with Crippen LogP contribution in [0.25, 0.3) is 0 Å². The molecule has 0 fully saturated rings. The predicted octanol–water partition coefficient (Wildman–Crippen LogP) is 0.775. The Kier molecular flexibility index (Phi) is 2.66. The topological polar surface area (TPSA) is 64.9 Å². The molecular weight excluding hydrogens is 186 g/mol. The lowest BCUT2D eigenvalue weighted by Gasteiger charge is -2.32. The third kappa shape index (κ3) is 2.14. The molecule has 15 heavy (non-hydrogen) atoms. The summed E-state index contributed by atoms with van der Waals surface area (Å²) in [6.07, 6.45) is 12.1. The molecule has 2 atom stereocenters. The highest BCUT2D eigenvalue weighted by Gasteiger charge is 2.29. The molecule has 2 rings (SSSR count). The van der Waals surface area contributed by atoms with E-state index in [9.17, 15) is 0 Å². The Morgan fingerprint density at radius 3 is 2.67 bits per heavy atom. The number of hydrogen-bond donors (Lipinski definition) is 2. The van der Waals surface area contributed by atoms with E-state index >= 15 is 0 Å². The van der Waals surface area contributed by atoms with Crippen molar-refractivity contribution in [1.82, 2.24) is 4.98 Å². The van der Waals surface area contributed by atoms with Gasteiger partial charge in [-0.15, -0.1) is 0 Å². The minimum Gasteiger partial charge on any atom is -0.323 e. The van der Waals surface area contributed by atoms with Crippen molar-refractivity contribution in [2.24, 2.45) is 11.5 Å². The summed E-state index contributed by atoms with van der Waals surface area (Å²) in [5.74, 6) is 0. The summed E-state index contributed by atoms with van der Waals surface area (Å²) in [6, 6.07) is 3.80. The van der Waals surface area contributed by atoms with Gasteiger partial charge in [-0.2, -0.15) is 0 Å². The molecule has 78 valence electrons. The highest BCUT2D eigenvalue weighted by molar-refractivity contribution is 5.30. The van der Waals surface area contributed by atoms with E-state index in [0.717, 1.165) is 12.0 Å². The van der Waals surface area contributed by atoms with E-state index in [1.165, 1.54) is 0 Å². The number of nitrogens with two attached hydrogens (primary N) is 2. The van der Waals surface area contributed by atoms with E-state index in [0.29, 0.717) is 0 Å². The molecule has 0 bridgehead atoms. The SMILES string of the molecule is NC1C=CC=CC1(N)Cc1ccncc1. The first-order valence-corrected chi connectivity index (χ1v) is 5.00. The number of rotatable bonds is 2. The first-order chi connectivity index (χ1) is 7.21. The highest BCUT2D eigenvalue weighted by atomic mass is 14.8. The van der Waals surface area contributed by atoms with Gasteiger partial charge in [0.1, 0.15) is 0 Å². The number of hydrogen-bond acceptors (Lipinski definition) is 3. The van der Waals surface area contributed by atoms with Crippen LogP contribution in [-0.2, 0) is 6.42 Å². The van der Waals surface area contributed by atoms with E-state index in [1.807, 2.05) is 36.4 Å². The molecule has 0 saturated carbocycles. The number of pyridine rings is 1. The van der Waals surface area contributed by atoms with Gasteiger partial charge in [-0.25, -0.2) is 0 Å². The van der Waals surface area contributed by atoms with Gasteiger partial charge in [0.2, 0.25) is 0 Å². The summed E-state index contributed by atoms with van der Waals surface area (Å²) in [5, 5.41) is 0. The molecule has 3 heteroatoms. The van der Waals surface area contributed by atoms with E-state index in [1.54, 1.807) is 12.4 Å². The van der Waals surface area contributed by atoms with Crippen molar-refractivity contribution in [2.75, 3.05) is 0 Å². The lowest BCUT2D eigenvalue weighted by atomic mass is 9.82. The number of aromatic nitrogens is 1. The lowest BCUT2D eigenvalue weighted by molar-refractivity contribution is 0.466. The van der Waals surface area contributed by atoms with Crippen LogP contribution in [0.2, 0.25) is 0 Å². The second-order valence-electron chi connectivity index (χ2n) is 3.91. The van der Waals surface area contributed by atoms with Crippen molar-refractivity contribution >= 4 is 0 Å². The van der Waals surface area contributed by atoms with Crippen molar-refractivity contribution < 1.29 is 0 Å². The fraction of sp³-hybridized carbons (Fsp3) is 0.250.